The molecular formula is C16H23FN2O3. The summed E-state index contributed by atoms with van der Waals surface area (Å²) in [5, 5.41) is 5.73. The molecule has 1 saturated heterocycles. The third kappa shape index (κ3) is 4.59. The van der Waals surface area contributed by atoms with E-state index in [1.54, 1.807) is 32.9 Å². The van der Waals surface area contributed by atoms with Crippen LogP contribution in [0.1, 0.15) is 34.1 Å². The Balaban J connectivity index is 2.05. The lowest BCUT2D eigenvalue weighted by Gasteiger charge is -2.21. The highest BCUT2D eigenvalue weighted by atomic mass is 19.1. The van der Waals surface area contributed by atoms with Gasteiger partial charge in [-0.2, -0.15) is 0 Å². The van der Waals surface area contributed by atoms with Crippen molar-refractivity contribution in [2.24, 2.45) is 0 Å². The molecule has 5 nitrogen and oxygen atoms in total. The second-order valence-corrected chi connectivity index (χ2v) is 6.44. The van der Waals surface area contributed by atoms with Crippen LogP contribution in [0.25, 0.3) is 0 Å². The Morgan fingerprint density at radius 3 is 2.73 bits per heavy atom. The number of hydrogen-bond acceptors (Lipinski definition) is 4. The van der Waals surface area contributed by atoms with Gasteiger partial charge in [-0.1, -0.05) is 0 Å². The molecule has 1 aromatic rings. The number of hydrogen-bond donors (Lipinski definition) is 2. The summed E-state index contributed by atoms with van der Waals surface area (Å²) in [5.41, 5.74) is 0.188. The maximum Gasteiger partial charge on any atom is 0.412 e. The van der Waals surface area contributed by atoms with Crippen molar-refractivity contribution < 1.29 is 18.7 Å². The quantitative estimate of drug-likeness (QED) is 0.892. The topological polar surface area (TPSA) is 59.6 Å². The first-order valence-electron chi connectivity index (χ1n) is 7.42. The maximum absolute atomic E-state index is 13.8. The zero-order valence-electron chi connectivity index (χ0n) is 13.4. The van der Waals surface area contributed by atoms with Crippen LogP contribution in [0.4, 0.5) is 20.6 Å². The SMILES string of the molecule is CC1OCCC1Nc1ccc(F)c(NC(=O)OC(C)(C)C)c1. The fourth-order valence-corrected chi connectivity index (χ4v) is 2.26. The predicted octanol–water partition coefficient (Wildman–Crippen LogP) is 3.76. The molecule has 0 bridgehead atoms. The lowest BCUT2D eigenvalue weighted by atomic mass is 10.1. The first kappa shape index (κ1) is 16.5. The molecule has 1 aliphatic rings. The number of ether oxygens (including phenoxy) is 2. The van der Waals surface area contributed by atoms with Crippen LogP contribution >= 0.6 is 0 Å². The molecule has 0 saturated carbocycles. The standard InChI is InChI=1S/C16H23FN2O3/c1-10-13(7-8-21-10)18-11-5-6-12(17)14(9-11)19-15(20)22-16(2,3)4/h5-6,9-10,13,18H,7-8H2,1-4H3,(H,19,20). The van der Waals surface area contributed by atoms with Crippen LogP contribution < -0.4 is 10.6 Å². The Morgan fingerprint density at radius 1 is 1.41 bits per heavy atom. The smallest absolute Gasteiger partial charge is 0.412 e. The van der Waals surface area contributed by atoms with Crippen LogP contribution in [0.15, 0.2) is 18.2 Å². The number of anilines is 2. The Kier molecular flexibility index (Phi) is 4.90. The van der Waals surface area contributed by atoms with E-state index in [-0.39, 0.29) is 17.8 Å². The molecule has 1 aromatic carbocycles. The van der Waals surface area contributed by atoms with Gasteiger partial charge in [0, 0.05) is 12.3 Å². The fourth-order valence-electron chi connectivity index (χ4n) is 2.26. The number of carbonyl (C=O) groups excluding carboxylic acids is 1. The van der Waals surface area contributed by atoms with E-state index in [4.69, 9.17) is 9.47 Å². The lowest BCUT2D eigenvalue weighted by Crippen LogP contribution is -2.28. The van der Waals surface area contributed by atoms with Crippen LogP contribution in [0.2, 0.25) is 0 Å². The molecule has 0 aromatic heterocycles. The molecule has 1 fully saturated rings. The van der Waals surface area contributed by atoms with Gasteiger partial charge in [0.05, 0.1) is 17.8 Å². The van der Waals surface area contributed by atoms with Gasteiger partial charge in [-0.25, -0.2) is 9.18 Å². The van der Waals surface area contributed by atoms with E-state index in [0.29, 0.717) is 6.61 Å². The highest BCUT2D eigenvalue weighted by Crippen LogP contribution is 2.24. The van der Waals surface area contributed by atoms with Crippen molar-refractivity contribution in [1.29, 1.82) is 0 Å². The van der Waals surface area contributed by atoms with Crippen molar-refractivity contribution in [3.05, 3.63) is 24.0 Å². The van der Waals surface area contributed by atoms with Crippen molar-refractivity contribution >= 4 is 17.5 Å². The average molecular weight is 310 g/mol. The molecule has 0 spiro atoms. The van der Waals surface area contributed by atoms with Crippen LogP contribution in [-0.4, -0.2) is 30.4 Å². The van der Waals surface area contributed by atoms with Crippen molar-refractivity contribution in [2.75, 3.05) is 17.2 Å². The Morgan fingerprint density at radius 2 is 2.14 bits per heavy atom. The normalized spacial score (nSPS) is 21.5. The molecule has 1 aliphatic heterocycles. The number of amides is 1. The summed E-state index contributed by atoms with van der Waals surface area (Å²) < 4.78 is 24.4. The largest absolute Gasteiger partial charge is 0.444 e. The van der Waals surface area contributed by atoms with Gasteiger partial charge in [0.25, 0.3) is 0 Å². The van der Waals surface area contributed by atoms with E-state index >= 15 is 0 Å². The fraction of sp³-hybridized carbons (Fsp3) is 0.562. The molecule has 2 N–H and O–H groups in total. The number of halogens is 1. The zero-order chi connectivity index (χ0) is 16.3. The van der Waals surface area contributed by atoms with E-state index in [9.17, 15) is 9.18 Å². The van der Waals surface area contributed by atoms with Gasteiger partial charge in [-0.15, -0.1) is 0 Å². The first-order chi connectivity index (χ1) is 10.2. The molecule has 2 unspecified atom stereocenters. The van der Waals surface area contributed by atoms with Gasteiger partial charge < -0.3 is 14.8 Å². The third-order valence-electron chi connectivity index (χ3n) is 3.33. The number of carbonyl (C=O) groups is 1. The van der Waals surface area contributed by atoms with E-state index in [1.807, 2.05) is 6.92 Å². The number of benzene rings is 1. The lowest BCUT2D eigenvalue weighted by molar-refractivity contribution is 0.0635. The minimum atomic E-state index is -0.680. The zero-order valence-corrected chi connectivity index (χ0v) is 13.4. The molecule has 6 heteroatoms. The van der Waals surface area contributed by atoms with E-state index < -0.39 is 17.5 Å². The Labute approximate surface area is 130 Å². The van der Waals surface area contributed by atoms with Crippen LogP contribution in [0.3, 0.4) is 0 Å². The second-order valence-electron chi connectivity index (χ2n) is 6.44. The Bertz CT molecular complexity index is 543. The maximum atomic E-state index is 13.8. The summed E-state index contributed by atoms with van der Waals surface area (Å²) in [4.78, 5) is 11.7. The molecule has 1 amide bonds. The number of rotatable bonds is 3. The summed E-state index contributed by atoms with van der Waals surface area (Å²) in [6.45, 7) is 7.96. The van der Waals surface area contributed by atoms with Crippen LogP contribution in [0.5, 0.6) is 0 Å². The highest BCUT2D eigenvalue weighted by molar-refractivity contribution is 5.85. The molecule has 2 rings (SSSR count). The van der Waals surface area contributed by atoms with E-state index in [2.05, 4.69) is 10.6 Å². The monoisotopic (exact) mass is 310 g/mol. The van der Waals surface area contributed by atoms with E-state index in [0.717, 1.165) is 12.1 Å². The van der Waals surface area contributed by atoms with Gasteiger partial charge in [-0.3, -0.25) is 5.32 Å². The summed E-state index contributed by atoms with van der Waals surface area (Å²) in [7, 11) is 0. The minimum Gasteiger partial charge on any atom is -0.444 e. The molecule has 0 aliphatic carbocycles. The predicted molar refractivity (Wildman–Crippen MR) is 83.7 cm³/mol. The van der Waals surface area contributed by atoms with Gasteiger partial charge in [-0.05, 0) is 52.3 Å². The summed E-state index contributed by atoms with van der Waals surface area (Å²) in [6, 6.07) is 4.69. The Hall–Kier alpha value is -1.82. The highest BCUT2D eigenvalue weighted by Gasteiger charge is 2.24. The summed E-state index contributed by atoms with van der Waals surface area (Å²) in [5.74, 6) is -0.507. The van der Waals surface area contributed by atoms with Crippen LogP contribution in [-0.2, 0) is 9.47 Å². The molecule has 0 radical (unpaired) electrons. The van der Waals surface area contributed by atoms with E-state index in [1.165, 1.54) is 6.07 Å². The summed E-state index contributed by atoms with van der Waals surface area (Å²) in [6.07, 6.45) is 0.321. The van der Waals surface area contributed by atoms with Crippen molar-refractivity contribution in [3.8, 4) is 0 Å². The average Bonchev–Trinajstić information content (AvgIpc) is 2.77. The minimum absolute atomic E-state index is 0.0887. The van der Waals surface area contributed by atoms with Gasteiger partial charge >= 0.3 is 6.09 Å². The second kappa shape index (κ2) is 6.52. The van der Waals surface area contributed by atoms with Crippen molar-refractivity contribution in [2.45, 2.75) is 51.9 Å². The van der Waals surface area contributed by atoms with Crippen molar-refractivity contribution in [3.63, 3.8) is 0 Å². The molecular weight excluding hydrogens is 287 g/mol. The summed E-state index contributed by atoms with van der Waals surface area (Å²) >= 11 is 0. The van der Waals surface area contributed by atoms with Gasteiger partial charge in [0.1, 0.15) is 11.4 Å². The molecule has 122 valence electrons. The first-order valence-corrected chi connectivity index (χ1v) is 7.42. The molecule has 2 atom stereocenters. The van der Waals surface area contributed by atoms with Crippen LogP contribution in [0, 0.1) is 5.82 Å². The molecule has 1 heterocycles. The third-order valence-corrected chi connectivity index (χ3v) is 3.33. The molecule has 22 heavy (non-hydrogen) atoms. The number of nitrogens with one attached hydrogen (secondary N) is 2. The van der Waals surface area contributed by atoms with Crippen molar-refractivity contribution in [1.82, 2.24) is 0 Å². The van der Waals surface area contributed by atoms with Gasteiger partial charge in [0.15, 0.2) is 0 Å². The van der Waals surface area contributed by atoms with Gasteiger partial charge in [0.2, 0.25) is 0 Å².